The summed E-state index contributed by atoms with van der Waals surface area (Å²) in [5.41, 5.74) is 0.538. The third-order valence-electron chi connectivity index (χ3n) is 3.51. The molecule has 2 unspecified atom stereocenters. The lowest BCUT2D eigenvalue weighted by molar-refractivity contribution is 0.0595. The zero-order chi connectivity index (χ0) is 13.1. The lowest BCUT2D eigenvalue weighted by Crippen LogP contribution is -2.44. The van der Waals surface area contributed by atoms with Crippen molar-refractivity contribution in [2.45, 2.75) is 31.7 Å². The summed E-state index contributed by atoms with van der Waals surface area (Å²) in [6.45, 7) is 6.16. The van der Waals surface area contributed by atoms with E-state index < -0.39 is 0 Å². The Labute approximate surface area is 112 Å². The average molecular weight is 269 g/mol. The van der Waals surface area contributed by atoms with E-state index in [1.165, 1.54) is 7.11 Å². The van der Waals surface area contributed by atoms with Gasteiger partial charge in [-0.3, -0.25) is 4.90 Å². The fraction of sp³-hybridized carbons (Fsp3) is 0.615. The predicted molar refractivity (Wildman–Crippen MR) is 71.8 cm³/mol. The molecular formula is C13H19NO3S. The van der Waals surface area contributed by atoms with E-state index >= 15 is 0 Å². The fourth-order valence-electron chi connectivity index (χ4n) is 2.16. The summed E-state index contributed by atoms with van der Waals surface area (Å²) in [6.07, 6.45) is 1.55. The number of nitrogens with zero attached hydrogens (tertiary/aromatic N) is 1. The van der Waals surface area contributed by atoms with Crippen molar-refractivity contribution in [2.24, 2.45) is 0 Å². The van der Waals surface area contributed by atoms with Gasteiger partial charge in [0.25, 0.3) is 0 Å². The van der Waals surface area contributed by atoms with Crippen molar-refractivity contribution in [3.05, 3.63) is 23.7 Å². The number of hydrogen-bond acceptors (Lipinski definition) is 5. The van der Waals surface area contributed by atoms with Gasteiger partial charge in [-0.25, -0.2) is 4.79 Å². The number of methoxy groups -OCH3 is 1. The zero-order valence-electron chi connectivity index (χ0n) is 11.0. The molecular weight excluding hydrogens is 250 g/mol. The smallest absolute Gasteiger partial charge is 0.341 e. The highest BCUT2D eigenvalue weighted by Gasteiger charge is 2.27. The Morgan fingerprint density at radius 2 is 2.39 bits per heavy atom. The van der Waals surface area contributed by atoms with Crippen LogP contribution in [0.2, 0.25) is 0 Å². The van der Waals surface area contributed by atoms with E-state index in [0.29, 0.717) is 29.2 Å². The molecule has 1 aromatic rings. The molecule has 5 heteroatoms. The molecule has 4 nitrogen and oxygen atoms in total. The molecule has 0 radical (unpaired) electrons. The van der Waals surface area contributed by atoms with Crippen molar-refractivity contribution >= 4 is 17.7 Å². The second-order valence-electron chi connectivity index (χ2n) is 4.54. The van der Waals surface area contributed by atoms with Crippen LogP contribution in [0.5, 0.6) is 0 Å². The van der Waals surface area contributed by atoms with Gasteiger partial charge in [0, 0.05) is 23.6 Å². The van der Waals surface area contributed by atoms with Gasteiger partial charge < -0.3 is 9.15 Å². The molecule has 0 aromatic carbocycles. The first-order chi connectivity index (χ1) is 8.63. The summed E-state index contributed by atoms with van der Waals surface area (Å²) >= 11 is 1.99. The number of esters is 1. The van der Waals surface area contributed by atoms with E-state index in [0.717, 1.165) is 12.3 Å². The number of ether oxygens (including phenoxy) is 1. The highest BCUT2D eigenvalue weighted by atomic mass is 32.2. The minimum Gasteiger partial charge on any atom is -0.467 e. The molecule has 1 saturated heterocycles. The van der Waals surface area contributed by atoms with Gasteiger partial charge in [0.1, 0.15) is 11.3 Å². The van der Waals surface area contributed by atoms with Crippen LogP contribution in [0.3, 0.4) is 0 Å². The SMILES string of the molecule is COC(=O)c1ccoc1CN1CCSC(C)C1C. The van der Waals surface area contributed by atoms with Gasteiger partial charge in [0.15, 0.2) is 0 Å². The van der Waals surface area contributed by atoms with E-state index in [-0.39, 0.29) is 5.97 Å². The maximum Gasteiger partial charge on any atom is 0.341 e. The van der Waals surface area contributed by atoms with Crippen molar-refractivity contribution in [3.8, 4) is 0 Å². The molecule has 1 aliphatic rings. The zero-order valence-corrected chi connectivity index (χ0v) is 11.8. The Morgan fingerprint density at radius 3 is 3.11 bits per heavy atom. The minimum atomic E-state index is -0.328. The van der Waals surface area contributed by atoms with Crippen molar-refractivity contribution < 1.29 is 13.9 Å². The number of thioether (sulfide) groups is 1. The Bertz CT molecular complexity index is 418. The van der Waals surface area contributed by atoms with Gasteiger partial charge >= 0.3 is 5.97 Å². The number of hydrogen-bond donors (Lipinski definition) is 0. The highest BCUT2D eigenvalue weighted by Crippen LogP contribution is 2.26. The van der Waals surface area contributed by atoms with Crippen LogP contribution in [-0.4, -0.2) is 41.6 Å². The maximum absolute atomic E-state index is 11.6. The largest absolute Gasteiger partial charge is 0.467 e. The molecule has 2 atom stereocenters. The molecule has 100 valence electrons. The molecule has 0 spiro atoms. The summed E-state index contributed by atoms with van der Waals surface area (Å²) in [6, 6.07) is 2.16. The third-order valence-corrected chi connectivity index (χ3v) is 4.85. The topological polar surface area (TPSA) is 42.7 Å². The third kappa shape index (κ3) is 2.72. The predicted octanol–water partition coefficient (Wildman–Crippen LogP) is 2.39. The Morgan fingerprint density at radius 1 is 1.61 bits per heavy atom. The van der Waals surface area contributed by atoms with Crippen molar-refractivity contribution in [1.82, 2.24) is 4.90 Å². The summed E-state index contributed by atoms with van der Waals surface area (Å²) in [5.74, 6) is 1.50. The average Bonchev–Trinajstić information content (AvgIpc) is 2.82. The summed E-state index contributed by atoms with van der Waals surface area (Å²) in [5, 5.41) is 0.607. The number of furan rings is 1. The molecule has 1 fully saturated rings. The van der Waals surface area contributed by atoms with Gasteiger partial charge in [-0.2, -0.15) is 11.8 Å². The van der Waals surface area contributed by atoms with Crippen LogP contribution in [-0.2, 0) is 11.3 Å². The number of rotatable bonds is 3. The first-order valence-electron chi connectivity index (χ1n) is 6.13. The molecule has 0 N–H and O–H groups in total. The molecule has 0 bridgehead atoms. The van der Waals surface area contributed by atoms with Crippen LogP contribution in [0.1, 0.15) is 30.0 Å². The maximum atomic E-state index is 11.6. The van der Waals surface area contributed by atoms with Gasteiger partial charge in [0.2, 0.25) is 0 Å². The fourth-order valence-corrected chi connectivity index (χ4v) is 3.32. The standard InChI is InChI=1S/C13H19NO3S/c1-9-10(2)18-7-5-14(9)8-12-11(4-6-17-12)13(15)16-3/h4,6,9-10H,5,7-8H2,1-3H3. The molecule has 1 aromatic heterocycles. The van der Waals surface area contributed by atoms with Gasteiger partial charge in [0.05, 0.1) is 19.9 Å². The van der Waals surface area contributed by atoms with E-state index in [1.54, 1.807) is 12.3 Å². The molecule has 0 saturated carbocycles. The summed E-state index contributed by atoms with van der Waals surface area (Å²) in [4.78, 5) is 13.9. The lowest BCUT2D eigenvalue weighted by atomic mass is 10.1. The molecule has 2 heterocycles. The van der Waals surface area contributed by atoms with E-state index in [9.17, 15) is 4.79 Å². The first-order valence-corrected chi connectivity index (χ1v) is 7.18. The van der Waals surface area contributed by atoms with Crippen LogP contribution in [0.25, 0.3) is 0 Å². The molecule has 0 amide bonds. The van der Waals surface area contributed by atoms with Crippen molar-refractivity contribution in [1.29, 1.82) is 0 Å². The molecule has 1 aliphatic heterocycles. The van der Waals surface area contributed by atoms with Crippen LogP contribution in [0.15, 0.2) is 16.7 Å². The van der Waals surface area contributed by atoms with Crippen LogP contribution in [0, 0.1) is 0 Å². The summed E-state index contributed by atoms with van der Waals surface area (Å²) in [7, 11) is 1.39. The van der Waals surface area contributed by atoms with Crippen LogP contribution in [0.4, 0.5) is 0 Å². The first kappa shape index (κ1) is 13.5. The molecule has 2 rings (SSSR count). The van der Waals surface area contributed by atoms with Gasteiger partial charge in [-0.05, 0) is 13.0 Å². The highest BCUT2D eigenvalue weighted by molar-refractivity contribution is 8.00. The lowest BCUT2D eigenvalue weighted by Gasteiger charge is -2.36. The van der Waals surface area contributed by atoms with Crippen molar-refractivity contribution in [3.63, 3.8) is 0 Å². The van der Waals surface area contributed by atoms with Crippen LogP contribution < -0.4 is 0 Å². The van der Waals surface area contributed by atoms with E-state index in [4.69, 9.17) is 9.15 Å². The monoisotopic (exact) mass is 269 g/mol. The Hall–Kier alpha value is -0.940. The van der Waals surface area contributed by atoms with Crippen LogP contribution >= 0.6 is 11.8 Å². The Balaban J connectivity index is 2.09. The normalized spacial score (nSPS) is 25.1. The Kier molecular flexibility index (Phi) is 4.35. The number of carbonyl (C=O) groups excluding carboxylic acids is 1. The number of carbonyl (C=O) groups is 1. The van der Waals surface area contributed by atoms with Gasteiger partial charge in [-0.1, -0.05) is 6.92 Å². The van der Waals surface area contributed by atoms with Gasteiger partial charge in [-0.15, -0.1) is 0 Å². The molecule has 0 aliphatic carbocycles. The van der Waals surface area contributed by atoms with Crippen molar-refractivity contribution in [2.75, 3.05) is 19.4 Å². The van der Waals surface area contributed by atoms with E-state index in [1.807, 2.05) is 11.8 Å². The minimum absolute atomic E-state index is 0.328. The molecule has 18 heavy (non-hydrogen) atoms. The second kappa shape index (κ2) is 5.80. The van der Waals surface area contributed by atoms with E-state index in [2.05, 4.69) is 18.7 Å². The second-order valence-corrected chi connectivity index (χ2v) is 6.02. The summed E-state index contributed by atoms with van der Waals surface area (Å²) < 4.78 is 10.2. The quantitative estimate of drug-likeness (QED) is 0.788.